The zero-order valence-corrected chi connectivity index (χ0v) is 17.4. The standard InChI is InChI=1S/C22H30FN3O3/c1-22(2,3)29-21(27)25-10-9-17(18(23)14-25)15-7-8-16-13-24-26(19(16)12-15)20-6-4-5-11-28-20/h7-8,12-13,17-18,20H,4-6,9-11,14H2,1-3H3/t17-,18-,20?/m0/s1. The number of nitrogens with zero attached hydrogens (tertiary/aromatic N) is 3. The lowest BCUT2D eigenvalue weighted by molar-refractivity contribution is -0.0366. The molecular formula is C22H30FN3O3. The first-order valence-electron chi connectivity index (χ1n) is 10.5. The Bertz CT molecular complexity index is 870. The Balaban J connectivity index is 1.50. The SMILES string of the molecule is CC(C)(C)OC(=O)N1CC[C@@H](c2ccc3cnn(C4CCCCO4)c3c2)[C@@H](F)C1. The van der Waals surface area contributed by atoms with Crippen molar-refractivity contribution in [2.45, 2.75) is 70.4 Å². The summed E-state index contributed by atoms with van der Waals surface area (Å²) in [4.78, 5) is 13.8. The fourth-order valence-electron chi connectivity index (χ4n) is 4.20. The number of amides is 1. The second kappa shape index (κ2) is 7.94. The quantitative estimate of drug-likeness (QED) is 0.723. The molecule has 0 bridgehead atoms. The molecule has 2 saturated heterocycles. The van der Waals surface area contributed by atoms with Crippen molar-refractivity contribution < 1.29 is 18.7 Å². The molecule has 6 nitrogen and oxygen atoms in total. The summed E-state index contributed by atoms with van der Waals surface area (Å²) in [6.45, 7) is 6.75. The molecule has 2 fully saturated rings. The monoisotopic (exact) mass is 403 g/mol. The van der Waals surface area contributed by atoms with Crippen molar-refractivity contribution in [3.63, 3.8) is 0 Å². The molecule has 29 heavy (non-hydrogen) atoms. The third-order valence-electron chi connectivity index (χ3n) is 5.67. The Morgan fingerprint density at radius 2 is 2.10 bits per heavy atom. The number of carbonyl (C=O) groups excluding carboxylic acids is 1. The smallest absolute Gasteiger partial charge is 0.410 e. The van der Waals surface area contributed by atoms with E-state index >= 15 is 4.39 Å². The largest absolute Gasteiger partial charge is 0.444 e. The molecule has 0 aliphatic carbocycles. The number of alkyl halides is 1. The first kappa shape index (κ1) is 20.1. The topological polar surface area (TPSA) is 56.6 Å². The Labute approximate surface area is 170 Å². The highest BCUT2D eigenvalue weighted by Crippen LogP contribution is 2.34. The van der Waals surface area contributed by atoms with Crippen LogP contribution in [0.1, 0.15) is 64.2 Å². The maximum absolute atomic E-state index is 15.1. The van der Waals surface area contributed by atoms with Gasteiger partial charge in [0.05, 0.1) is 18.3 Å². The number of likely N-dealkylation sites (tertiary alicyclic amines) is 1. The molecule has 2 aromatic rings. The van der Waals surface area contributed by atoms with Crippen molar-refractivity contribution in [3.05, 3.63) is 30.0 Å². The number of carbonyl (C=O) groups is 1. The zero-order chi connectivity index (χ0) is 20.6. The van der Waals surface area contributed by atoms with E-state index in [2.05, 4.69) is 5.10 Å². The average Bonchev–Trinajstić information content (AvgIpc) is 3.10. The van der Waals surface area contributed by atoms with E-state index in [1.807, 2.05) is 49.8 Å². The summed E-state index contributed by atoms with van der Waals surface area (Å²) in [7, 11) is 0. The fourth-order valence-corrected chi connectivity index (χ4v) is 4.20. The molecule has 2 aliphatic heterocycles. The third-order valence-corrected chi connectivity index (χ3v) is 5.67. The number of halogens is 1. The van der Waals surface area contributed by atoms with Crippen LogP contribution in [-0.4, -0.2) is 52.2 Å². The summed E-state index contributed by atoms with van der Waals surface area (Å²) in [5.74, 6) is -0.242. The highest BCUT2D eigenvalue weighted by molar-refractivity contribution is 5.79. The second-order valence-corrected chi connectivity index (χ2v) is 9.07. The van der Waals surface area contributed by atoms with E-state index in [-0.39, 0.29) is 18.7 Å². The van der Waals surface area contributed by atoms with Crippen molar-refractivity contribution in [3.8, 4) is 0 Å². The van der Waals surface area contributed by atoms with E-state index in [1.54, 1.807) is 0 Å². The molecule has 0 spiro atoms. The zero-order valence-electron chi connectivity index (χ0n) is 17.4. The molecule has 2 aliphatic rings. The van der Waals surface area contributed by atoms with Crippen LogP contribution in [-0.2, 0) is 9.47 Å². The molecule has 1 unspecified atom stereocenters. The lowest BCUT2D eigenvalue weighted by Gasteiger charge is -2.36. The molecule has 0 saturated carbocycles. The molecule has 1 amide bonds. The van der Waals surface area contributed by atoms with E-state index in [0.717, 1.165) is 42.3 Å². The van der Waals surface area contributed by atoms with Crippen molar-refractivity contribution in [1.29, 1.82) is 0 Å². The van der Waals surface area contributed by atoms with Gasteiger partial charge < -0.3 is 14.4 Å². The van der Waals surface area contributed by atoms with Gasteiger partial charge in [-0.2, -0.15) is 5.10 Å². The molecule has 3 heterocycles. The second-order valence-electron chi connectivity index (χ2n) is 9.07. The van der Waals surface area contributed by atoms with E-state index in [4.69, 9.17) is 9.47 Å². The maximum Gasteiger partial charge on any atom is 0.410 e. The van der Waals surface area contributed by atoms with Crippen LogP contribution in [0.2, 0.25) is 0 Å². The van der Waals surface area contributed by atoms with Crippen molar-refractivity contribution in [2.24, 2.45) is 0 Å². The summed E-state index contributed by atoms with van der Waals surface area (Å²) in [5.41, 5.74) is 1.35. The van der Waals surface area contributed by atoms with Gasteiger partial charge in [-0.1, -0.05) is 12.1 Å². The predicted molar refractivity (Wildman–Crippen MR) is 109 cm³/mol. The van der Waals surface area contributed by atoms with E-state index in [9.17, 15) is 4.79 Å². The van der Waals surface area contributed by atoms with Crippen LogP contribution in [0.5, 0.6) is 0 Å². The van der Waals surface area contributed by atoms with Crippen LogP contribution in [0, 0.1) is 0 Å². The molecular weight excluding hydrogens is 373 g/mol. The maximum atomic E-state index is 15.1. The number of rotatable bonds is 2. The minimum Gasteiger partial charge on any atom is -0.444 e. The number of hydrogen-bond acceptors (Lipinski definition) is 4. The van der Waals surface area contributed by atoms with Gasteiger partial charge in [-0.3, -0.25) is 0 Å². The third kappa shape index (κ3) is 4.39. The number of aromatic nitrogens is 2. The van der Waals surface area contributed by atoms with Gasteiger partial charge in [-0.15, -0.1) is 0 Å². The number of hydrogen-bond donors (Lipinski definition) is 0. The molecule has 0 radical (unpaired) electrons. The van der Waals surface area contributed by atoms with Crippen molar-refractivity contribution in [2.75, 3.05) is 19.7 Å². The lowest BCUT2D eigenvalue weighted by atomic mass is 9.87. The summed E-state index contributed by atoms with van der Waals surface area (Å²) in [6.07, 6.45) is 3.95. The summed E-state index contributed by atoms with van der Waals surface area (Å²) in [5, 5.41) is 5.55. The highest BCUT2D eigenvalue weighted by atomic mass is 19.1. The molecule has 1 aromatic heterocycles. The Hall–Kier alpha value is -2.15. The molecule has 3 atom stereocenters. The van der Waals surface area contributed by atoms with Crippen molar-refractivity contribution >= 4 is 17.0 Å². The molecule has 158 valence electrons. The normalized spacial score (nSPS) is 25.9. The highest BCUT2D eigenvalue weighted by Gasteiger charge is 2.34. The van der Waals surface area contributed by atoms with Crippen molar-refractivity contribution in [1.82, 2.24) is 14.7 Å². The average molecular weight is 403 g/mol. The van der Waals surface area contributed by atoms with Gasteiger partial charge in [-0.05, 0) is 58.1 Å². The molecule has 7 heteroatoms. The Morgan fingerprint density at radius 1 is 1.28 bits per heavy atom. The van der Waals surface area contributed by atoms with Crippen LogP contribution in [0.3, 0.4) is 0 Å². The summed E-state index contributed by atoms with van der Waals surface area (Å²) >= 11 is 0. The number of benzene rings is 1. The van der Waals surface area contributed by atoms with Crippen LogP contribution in [0.25, 0.3) is 10.9 Å². The van der Waals surface area contributed by atoms with Crippen LogP contribution in [0.4, 0.5) is 9.18 Å². The number of ether oxygens (including phenoxy) is 2. The summed E-state index contributed by atoms with van der Waals surface area (Å²) < 4.78 is 28.3. The van der Waals surface area contributed by atoms with Gasteiger partial charge in [-0.25, -0.2) is 13.9 Å². The Morgan fingerprint density at radius 3 is 2.79 bits per heavy atom. The lowest BCUT2D eigenvalue weighted by Crippen LogP contribution is -2.46. The van der Waals surface area contributed by atoms with Gasteiger partial charge >= 0.3 is 6.09 Å². The predicted octanol–water partition coefficient (Wildman–Crippen LogP) is 4.80. The Kier molecular flexibility index (Phi) is 5.51. The molecule has 0 N–H and O–H groups in total. The fraction of sp³-hybridized carbons (Fsp3) is 0.636. The first-order valence-corrected chi connectivity index (χ1v) is 10.5. The molecule has 1 aromatic carbocycles. The van der Waals surface area contributed by atoms with E-state index in [0.29, 0.717) is 13.0 Å². The minimum atomic E-state index is -1.13. The van der Waals surface area contributed by atoms with Crippen LogP contribution < -0.4 is 0 Å². The molecule has 4 rings (SSSR count). The van der Waals surface area contributed by atoms with Gasteiger partial charge in [0.25, 0.3) is 0 Å². The van der Waals surface area contributed by atoms with Gasteiger partial charge in [0, 0.05) is 24.5 Å². The number of fused-ring (bicyclic) bond motifs is 1. The number of piperidine rings is 1. The van der Waals surface area contributed by atoms with E-state index < -0.39 is 17.9 Å². The first-order chi connectivity index (χ1) is 13.8. The summed E-state index contributed by atoms with van der Waals surface area (Å²) in [6, 6.07) is 6.03. The van der Waals surface area contributed by atoms with Crippen LogP contribution in [0.15, 0.2) is 24.4 Å². The van der Waals surface area contributed by atoms with Gasteiger partial charge in [0.1, 0.15) is 11.8 Å². The van der Waals surface area contributed by atoms with E-state index in [1.165, 1.54) is 4.90 Å². The minimum absolute atomic E-state index is 0.0494. The van der Waals surface area contributed by atoms with Gasteiger partial charge in [0.2, 0.25) is 0 Å². The van der Waals surface area contributed by atoms with Crippen LogP contribution >= 0.6 is 0 Å². The van der Waals surface area contributed by atoms with Gasteiger partial charge in [0.15, 0.2) is 6.23 Å².